The van der Waals surface area contributed by atoms with Gasteiger partial charge in [-0.25, -0.2) is 25.6 Å². The van der Waals surface area contributed by atoms with Crippen molar-refractivity contribution in [2.45, 2.75) is 43.8 Å². The Balaban J connectivity index is 0.0000106. The summed E-state index contributed by atoms with van der Waals surface area (Å²) < 4.78 is 99.7. The molecule has 22 heteroatoms. The molecule has 0 saturated carbocycles. The number of phosphoric ester groups is 1. The molecule has 5 atom stereocenters. The summed E-state index contributed by atoms with van der Waals surface area (Å²) in [5, 5.41) is 4.14. The second kappa shape index (κ2) is 18.4. The molecular weight excluding hydrogens is 774 g/mol. The van der Waals surface area contributed by atoms with Gasteiger partial charge in [-0.2, -0.15) is 0 Å². The molecule has 2 rings (SSSR count). The van der Waals surface area contributed by atoms with E-state index in [0.29, 0.717) is 0 Å². The summed E-state index contributed by atoms with van der Waals surface area (Å²) in [5.74, 6) is -2.27. The third-order valence-electron chi connectivity index (χ3n) is 5.87. The molecule has 1 unspecified atom stereocenters. The van der Waals surface area contributed by atoms with Crippen LogP contribution in [0.15, 0.2) is 58.3 Å². The third kappa shape index (κ3) is 13.0. The number of phosphoric acid groups is 1. The van der Waals surface area contributed by atoms with E-state index in [1.54, 1.807) is 0 Å². The zero-order chi connectivity index (χ0) is 34.3. The number of benzene rings is 2. The number of rotatable bonds is 16. The van der Waals surface area contributed by atoms with Gasteiger partial charge >= 0.3 is 29.6 Å². The summed E-state index contributed by atoms with van der Waals surface area (Å²) in [6.07, 6.45) is -2.07. The molecule has 12 nitrogen and oxygen atoms in total. The van der Waals surface area contributed by atoms with Crippen molar-refractivity contribution in [3.63, 3.8) is 0 Å². The van der Waals surface area contributed by atoms with Crippen molar-refractivity contribution in [1.82, 2.24) is 10.6 Å². The van der Waals surface area contributed by atoms with Crippen LogP contribution in [0.2, 0.25) is 0 Å². The Morgan fingerprint density at radius 2 is 1.02 bits per heavy atom. The van der Waals surface area contributed by atoms with E-state index in [2.05, 4.69) is 10.6 Å². The minimum absolute atomic E-state index is 0. The van der Waals surface area contributed by atoms with Crippen molar-refractivity contribution in [3.05, 3.63) is 59.7 Å². The van der Waals surface area contributed by atoms with Crippen LogP contribution in [0.5, 0.6) is 0 Å². The fourth-order valence-corrected chi connectivity index (χ4v) is 6.38. The van der Waals surface area contributed by atoms with Gasteiger partial charge in [-0.05, 0) is 35.4 Å². The molecule has 252 valence electrons. The van der Waals surface area contributed by atoms with Crippen molar-refractivity contribution in [2.75, 3.05) is 25.9 Å². The summed E-state index contributed by atoms with van der Waals surface area (Å²) in [5.41, 5.74) is -0.329. The summed E-state index contributed by atoms with van der Waals surface area (Å²) >= 11 is 22.1. The maximum Gasteiger partial charge on any atom is 1.00 e. The SMILES string of the molecule is CS(=O)(=O)c1ccc([C@@H](OP(=O)([O-])O[C@@H](c2ccc(S(C)(=O)=O)cc2)[C@H](CF)NC(=O)C(Cl)Cl)[C@@H](CF)NC(=O)C(Cl)Cl)cc1.[Na+]. The van der Waals surface area contributed by atoms with Gasteiger partial charge < -0.3 is 24.6 Å². The first-order valence-electron chi connectivity index (χ1n) is 12.3. The van der Waals surface area contributed by atoms with Crippen LogP contribution in [0.25, 0.3) is 0 Å². The topological polar surface area (TPSA) is 185 Å². The second-order valence-corrected chi connectivity index (χ2v) is 16.9. The Kier molecular flexibility index (Phi) is 17.4. The number of carbonyl (C=O) groups excluding carboxylic acids is 2. The van der Waals surface area contributed by atoms with Gasteiger partial charge in [0.15, 0.2) is 29.3 Å². The first-order chi connectivity index (χ1) is 20.7. The Morgan fingerprint density at radius 3 is 1.24 bits per heavy atom. The number of halogens is 6. The Morgan fingerprint density at radius 1 is 0.739 bits per heavy atom. The first kappa shape index (κ1) is 43.4. The van der Waals surface area contributed by atoms with Crippen LogP contribution in [0.4, 0.5) is 8.78 Å². The quantitative estimate of drug-likeness (QED) is 0.136. The summed E-state index contributed by atoms with van der Waals surface area (Å²) in [7, 11) is -13.2. The van der Waals surface area contributed by atoms with E-state index >= 15 is 0 Å². The number of hydrogen-bond donors (Lipinski definition) is 2. The first-order valence-corrected chi connectivity index (χ1v) is 19.3. The van der Waals surface area contributed by atoms with Crippen molar-refractivity contribution < 1.29 is 83.3 Å². The molecule has 2 aromatic carbocycles. The minimum atomic E-state index is -5.75. The van der Waals surface area contributed by atoms with E-state index in [-0.39, 0.29) is 50.5 Å². The van der Waals surface area contributed by atoms with E-state index < -0.39 is 86.6 Å². The molecule has 46 heavy (non-hydrogen) atoms. The van der Waals surface area contributed by atoms with Crippen LogP contribution in [-0.2, 0) is 42.9 Å². The number of alkyl halides is 6. The van der Waals surface area contributed by atoms with Gasteiger partial charge in [-0.15, -0.1) is 0 Å². The smallest absolute Gasteiger partial charge is 0.756 e. The standard InChI is InChI=1S/C24H27Cl4F2N2O10PS2.Na/c1-44(37,38)15-7-3-13(4-8-15)19(17(11-29)31-23(33)21(25)26)41-43(35,36)42-20(18(12-30)32-24(34)22(27)28)14-5-9-16(10-6-14)45(2,39)40;/h3-10,17-22H,11-12H2,1-2H3,(H,31,33)(H,32,34)(H,35,36);/q;+1/p-1/t17-,18+,19-,20+;. The number of carbonyl (C=O) groups is 2. The number of hydrogen-bond acceptors (Lipinski definition) is 10. The molecule has 0 spiro atoms. The largest absolute Gasteiger partial charge is 1.00 e. The molecule has 2 amide bonds. The van der Waals surface area contributed by atoms with Crippen LogP contribution in [0, 0.1) is 0 Å². The fourth-order valence-electron chi connectivity index (χ4n) is 3.73. The molecule has 0 aliphatic rings. The number of amides is 2. The zero-order valence-electron chi connectivity index (χ0n) is 24.1. The predicted molar refractivity (Wildman–Crippen MR) is 161 cm³/mol. The summed E-state index contributed by atoms with van der Waals surface area (Å²) in [6.45, 7) is -2.92. The van der Waals surface area contributed by atoms with Gasteiger partial charge in [0.05, 0.1) is 21.9 Å². The Labute approximate surface area is 306 Å². The van der Waals surface area contributed by atoms with Gasteiger partial charge in [0, 0.05) is 12.5 Å². The molecule has 0 aromatic heterocycles. The Bertz CT molecular complexity index is 1490. The predicted octanol–water partition coefficient (Wildman–Crippen LogP) is 0.298. The van der Waals surface area contributed by atoms with Crippen molar-refractivity contribution >= 4 is 85.7 Å². The van der Waals surface area contributed by atoms with Crippen molar-refractivity contribution in [2.24, 2.45) is 0 Å². The van der Waals surface area contributed by atoms with Crippen molar-refractivity contribution in [1.29, 1.82) is 0 Å². The molecule has 0 aliphatic carbocycles. The molecule has 0 bridgehead atoms. The molecule has 2 aromatic rings. The van der Waals surface area contributed by atoms with Gasteiger partial charge in [0.25, 0.3) is 19.6 Å². The van der Waals surface area contributed by atoms with Gasteiger partial charge in [0.2, 0.25) is 0 Å². The molecule has 0 radical (unpaired) electrons. The van der Waals surface area contributed by atoms with Crippen LogP contribution < -0.4 is 45.1 Å². The van der Waals surface area contributed by atoms with E-state index in [1.165, 1.54) is 0 Å². The van der Waals surface area contributed by atoms with E-state index in [4.69, 9.17) is 55.5 Å². The maximum atomic E-state index is 14.2. The van der Waals surface area contributed by atoms with E-state index in [0.717, 1.165) is 61.0 Å². The van der Waals surface area contributed by atoms with Gasteiger partial charge in [-0.3, -0.25) is 14.2 Å². The molecule has 0 aliphatic heterocycles. The normalized spacial score (nSPS) is 16.1. The summed E-state index contributed by atoms with van der Waals surface area (Å²) in [6, 6.07) is 5.00. The van der Waals surface area contributed by atoms with Crippen molar-refractivity contribution in [3.8, 4) is 0 Å². The average Bonchev–Trinajstić information content (AvgIpc) is 2.95. The number of nitrogens with one attached hydrogen (secondary N) is 2. The van der Waals surface area contributed by atoms with Crippen LogP contribution in [-0.4, -0.2) is 76.3 Å². The van der Waals surface area contributed by atoms with E-state index in [1.807, 2.05) is 0 Å². The van der Waals surface area contributed by atoms with E-state index in [9.17, 15) is 44.7 Å². The molecule has 0 fully saturated rings. The van der Waals surface area contributed by atoms with Gasteiger partial charge in [0.1, 0.15) is 25.6 Å². The second-order valence-electron chi connectivity index (χ2n) is 9.32. The molecule has 0 heterocycles. The van der Waals surface area contributed by atoms with Crippen LogP contribution in [0.3, 0.4) is 0 Å². The molecular formula is C24H26Cl4F2N2NaO10PS2. The maximum absolute atomic E-state index is 14.2. The Hall–Kier alpha value is -0.590. The third-order valence-corrected chi connectivity index (χ3v) is 9.89. The molecule has 0 saturated heterocycles. The van der Waals surface area contributed by atoms with Gasteiger partial charge in [-0.1, -0.05) is 70.7 Å². The van der Waals surface area contributed by atoms with Crippen LogP contribution in [0.1, 0.15) is 23.3 Å². The number of sulfone groups is 2. The fraction of sp³-hybridized carbons (Fsp3) is 0.417. The minimum Gasteiger partial charge on any atom is -0.756 e. The molecule has 2 N–H and O–H groups in total. The average molecular weight is 800 g/mol. The zero-order valence-corrected chi connectivity index (χ0v) is 31.7. The monoisotopic (exact) mass is 798 g/mol. The summed E-state index contributed by atoms with van der Waals surface area (Å²) in [4.78, 5) is 33.8. The van der Waals surface area contributed by atoms with Crippen LogP contribution >= 0.6 is 54.2 Å².